The van der Waals surface area contributed by atoms with Gasteiger partial charge in [-0.2, -0.15) is 0 Å². The number of nitrogens with zero attached hydrogens (tertiary/aromatic N) is 5. The van der Waals surface area contributed by atoms with Crippen LogP contribution in [-0.4, -0.2) is 64.8 Å². The van der Waals surface area contributed by atoms with E-state index in [4.69, 9.17) is 0 Å². The van der Waals surface area contributed by atoms with E-state index in [-0.39, 0.29) is 11.8 Å². The second kappa shape index (κ2) is 7.95. The van der Waals surface area contributed by atoms with Crippen molar-refractivity contribution in [2.75, 3.05) is 38.1 Å². The van der Waals surface area contributed by atoms with Crippen molar-refractivity contribution in [2.24, 2.45) is 0 Å². The monoisotopic (exact) mass is 353 g/mol. The van der Waals surface area contributed by atoms with E-state index in [1.165, 1.54) is 11.9 Å². The average Bonchev–Trinajstić information content (AvgIpc) is 2.68. The SMILES string of the molecule is CC(=O)N1CCN(C(=O)c2cc(N(C)Cc3ccccc3)ncn2)CC1. The Morgan fingerprint density at radius 1 is 1.04 bits per heavy atom. The Kier molecular flexibility index (Phi) is 5.46. The number of hydrogen-bond acceptors (Lipinski definition) is 5. The fourth-order valence-corrected chi connectivity index (χ4v) is 3.00. The highest BCUT2D eigenvalue weighted by molar-refractivity contribution is 5.93. The van der Waals surface area contributed by atoms with E-state index in [1.54, 1.807) is 22.8 Å². The van der Waals surface area contributed by atoms with Gasteiger partial charge in [-0.25, -0.2) is 9.97 Å². The topological polar surface area (TPSA) is 69.6 Å². The molecule has 0 unspecified atom stereocenters. The van der Waals surface area contributed by atoms with E-state index in [0.717, 1.165) is 0 Å². The van der Waals surface area contributed by atoms with Crippen LogP contribution < -0.4 is 4.90 Å². The second-order valence-corrected chi connectivity index (χ2v) is 6.40. The third kappa shape index (κ3) is 4.17. The minimum atomic E-state index is -0.120. The van der Waals surface area contributed by atoms with Gasteiger partial charge in [-0.1, -0.05) is 30.3 Å². The lowest BCUT2D eigenvalue weighted by atomic mass is 10.2. The molecular formula is C19H23N5O2. The maximum Gasteiger partial charge on any atom is 0.272 e. The molecule has 0 N–H and O–H groups in total. The van der Waals surface area contributed by atoms with Gasteiger partial charge in [0.1, 0.15) is 17.8 Å². The van der Waals surface area contributed by atoms with Gasteiger partial charge in [-0.15, -0.1) is 0 Å². The molecule has 1 aliphatic heterocycles. The number of amides is 2. The van der Waals surface area contributed by atoms with Crippen LogP contribution in [0.1, 0.15) is 23.0 Å². The zero-order valence-electron chi connectivity index (χ0n) is 15.1. The lowest BCUT2D eigenvalue weighted by molar-refractivity contribution is -0.130. The van der Waals surface area contributed by atoms with Crippen LogP contribution >= 0.6 is 0 Å². The molecule has 0 spiro atoms. The highest BCUT2D eigenvalue weighted by atomic mass is 16.2. The first-order valence-corrected chi connectivity index (χ1v) is 8.66. The smallest absolute Gasteiger partial charge is 0.272 e. The number of rotatable bonds is 4. The quantitative estimate of drug-likeness (QED) is 0.831. The molecule has 2 aromatic rings. The standard InChI is InChI=1S/C19H23N5O2/c1-15(25)23-8-10-24(11-9-23)19(26)17-12-18(21-14-20-17)22(2)13-16-6-4-3-5-7-16/h3-7,12,14H,8-11,13H2,1-2H3. The fourth-order valence-electron chi connectivity index (χ4n) is 3.00. The molecule has 7 heteroatoms. The molecule has 1 aromatic carbocycles. The highest BCUT2D eigenvalue weighted by Crippen LogP contribution is 2.15. The van der Waals surface area contributed by atoms with Gasteiger partial charge >= 0.3 is 0 Å². The van der Waals surface area contributed by atoms with Crippen LogP contribution in [0.2, 0.25) is 0 Å². The zero-order valence-corrected chi connectivity index (χ0v) is 15.1. The molecule has 26 heavy (non-hydrogen) atoms. The first-order chi connectivity index (χ1) is 12.5. The normalized spacial score (nSPS) is 14.2. The molecule has 7 nitrogen and oxygen atoms in total. The van der Waals surface area contributed by atoms with E-state index < -0.39 is 0 Å². The number of hydrogen-bond donors (Lipinski definition) is 0. The second-order valence-electron chi connectivity index (χ2n) is 6.40. The van der Waals surface area contributed by atoms with Gasteiger partial charge in [0.05, 0.1) is 0 Å². The van der Waals surface area contributed by atoms with Crippen LogP contribution in [-0.2, 0) is 11.3 Å². The summed E-state index contributed by atoms with van der Waals surface area (Å²) >= 11 is 0. The number of benzene rings is 1. The summed E-state index contributed by atoms with van der Waals surface area (Å²) in [6.07, 6.45) is 1.43. The van der Waals surface area contributed by atoms with Crippen molar-refractivity contribution in [3.05, 3.63) is 54.0 Å². The summed E-state index contributed by atoms with van der Waals surface area (Å²) in [6, 6.07) is 11.8. The maximum atomic E-state index is 12.7. The molecule has 1 fully saturated rings. The van der Waals surface area contributed by atoms with Gasteiger partial charge in [-0.3, -0.25) is 9.59 Å². The molecule has 1 saturated heterocycles. The molecule has 0 radical (unpaired) electrons. The van der Waals surface area contributed by atoms with Crippen LogP contribution in [0.25, 0.3) is 0 Å². The van der Waals surface area contributed by atoms with E-state index in [1.807, 2.05) is 30.1 Å². The molecule has 0 saturated carbocycles. The zero-order chi connectivity index (χ0) is 18.5. The molecule has 2 heterocycles. The van der Waals surface area contributed by atoms with Crippen molar-refractivity contribution in [1.29, 1.82) is 0 Å². The van der Waals surface area contributed by atoms with Gasteiger partial charge in [0.2, 0.25) is 5.91 Å². The predicted octanol–water partition coefficient (Wildman–Crippen LogP) is 1.42. The Labute approximate surface area is 153 Å². The van der Waals surface area contributed by atoms with Crippen molar-refractivity contribution in [1.82, 2.24) is 19.8 Å². The van der Waals surface area contributed by atoms with Crippen LogP contribution in [0, 0.1) is 0 Å². The molecule has 2 amide bonds. The number of carbonyl (C=O) groups excluding carboxylic acids is 2. The van der Waals surface area contributed by atoms with E-state index in [2.05, 4.69) is 22.1 Å². The predicted molar refractivity (Wildman–Crippen MR) is 98.7 cm³/mol. The Hall–Kier alpha value is -2.96. The largest absolute Gasteiger partial charge is 0.355 e. The van der Waals surface area contributed by atoms with Crippen LogP contribution in [0.15, 0.2) is 42.7 Å². The number of carbonyl (C=O) groups is 2. The summed E-state index contributed by atoms with van der Waals surface area (Å²) in [7, 11) is 1.94. The molecule has 1 aromatic heterocycles. The summed E-state index contributed by atoms with van der Waals surface area (Å²) < 4.78 is 0. The van der Waals surface area contributed by atoms with Crippen LogP contribution in [0.3, 0.4) is 0 Å². The number of anilines is 1. The van der Waals surface area contributed by atoms with Crippen LogP contribution in [0.4, 0.5) is 5.82 Å². The van der Waals surface area contributed by atoms with Crippen molar-refractivity contribution in [2.45, 2.75) is 13.5 Å². The molecule has 0 bridgehead atoms. The average molecular weight is 353 g/mol. The van der Waals surface area contributed by atoms with E-state index >= 15 is 0 Å². The summed E-state index contributed by atoms with van der Waals surface area (Å²) in [5.74, 6) is 0.628. The van der Waals surface area contributed by atoms with Gasteiger partial charge in [0.25, 0.3) is 5.91 Å². The number of piperazine rings is 1. The minimum absolute atomic E-state index is 0.0453. The Bertz CT molecular complexity index is 773. The first kappa shape index (κ1) is 17.8. The third-order valence-corrected chi connectivity index (χ3v) is 4.54. The molecule has 0 atom stereocenters. The van der Waals surface area contributed by atoms with E-state index in [9.17, 15) is 9.59 Å². The van der Waals surface area contributed by atoms with Crippen molar-refractivity contribution < 1.29 is 9.59 Å². The Morgan fingerprint density at radius 2 is 1.69 bits per heavy atom. The molecule has 1 aliphatic rings. The number of aromatic nitrogens is 2. The fraction of sp³-hybridized carbons (Fsp3) is 0.368. The molecule has 136 valence electrons. The van der Waals surface area contributed by atoms with Crippen molar-refractivity contribution >= 4 is 17.6 Å². The van der Waals surface area contributed by atoms with E-state index in [0.29, 0.717) is 44.2 Å². The molecular weight excluding hydrogens is 330 g/mol. The highest BCUT2D eigenvalue weighted by Gasteiger charge is 2.24. The molecule has 0 aliphatic carbocycles. The van der Waals surface area contributed by atoms with Gasteiger partial charge < -0.3 is 14.7 Å². The Balaban J connectivity index is 1.67. The third-order valence-electron chi connectivity index (χ3n) is 4.54. The summed E-state index contributed by atoms with van der Waals surface area (Å²) in [4.78, 5) is 38.1. The summed E-state index contributed by atoms with van der Waals surface area (Å²) in [5.41, 5.74) is 1.55. The van der Waals surface area contributed by atoms with Crippen molar-refractivity contribution in [3.63, 3.8) is 0 Å². The molecule has 3 rings (SSSR count). The lowest BCUT2D eigenvalue weighted by Crippen LogP contribution is -2.50. The van der Waals surface area contributed by atoms with Gasteiger partial charge in [0, 0.05) is 52.8 Å². The lowest BCUT2D eigenvalue weighted by Gasteiger charge is -2.34. The summed E-state index contributed by atoms with van der Waals surface area (Å²) in [5, 5.41) is 0. The van der Waals surface area contributed by atoms with Crippen LogP contribution in [0.5, 0.6) is 0 Å². The van der Waals surface area contributed by atoms with Crippen molar-refractivity contribution in [3.8, 4) is 0 Å². The van der Waals surface area contributed by atoms with Gasteiger partial charge in [0.15, 0.2) is 0 Å². The first-order valence-electron chi connectivity index (χ1n) is 8.66. The minimum Gasteiger partial charge on any atom is -0.355 e. The Morgan fingerprint density at radius 3 is 2.35 bits per heavy atom. The maximum absolute atomic E-state index is 12.7. The van der Waals surface area contributed by atoms with Gasteiger partial charge in [-0.05, 0) is 5.56 Å². The summed E-state index contributed by atoms with van der Waals surface area (Å²) in [6.45, 7) is 4.43.